The van der Waals surface area contributed by atoms with E-state index in [4.69, 9.17) is 18.9 Å². The first-order chi connectivity index (χ1) is 26.5. The van der Waals surface area contributed by atoms with Crippen molar-refractivity contribution in [1.29, 1.82) is 5.26 Å². The Kier molecular flexibility index (Phi) is 7.81. The summed E-state index contributed by atoms with van der Waals surface area (Å²) in [6.07, 6.45) is 1.11. The summed E-state index contributed by atoms with van der Waals surface area (Å²) in [5.74, 6) is 1.73. The van der Waals surface area contributed by atoms with Crippen molar-refractivity contribution in [3.63, 3.8) is 0 Å². The zero-order valence-corrected chi connectivity index (χ0v) is 32.6. The molecule has 1 spiro atoms. The molecule has 1 aromatic heterocycles. The molecule has 7 aliphatic rings. The number of aromatic amines is 1. The molecule has 7 aliphatic heterocycles. The molecule has 11 rings (SSSR count). The molecule has 4 aromatic rings. The second-order valence-corrected chi connectivity index (χ2v) is 17.3. The third kappa shape index (κ3) is 4.57. The molecule has 0 aliphatic carbocycles. The van der Waals surface area contributed by atoms with E-state index in [2.05, 4.69) is 72.2 Å². The molecule has 0 radical (unpaired) electrons. The lowest BCUT2D eigenvalue weighted by Gasteiger charge is -2.62. The zero-order valence-electron chi connectivity index (χ0n) is 31.8. The topological polar surface area (TPSA) is 153 Å². The number of aromatic nitrogens is 1. The Hall–Kier alpha value is -4.45. The SMILES string of the molecule is COc1c(C)cc2c(c1O)[C@@H]1[C@@H]3[C@@H]4SC[C@]5(N[C@H](CO)Cc6c5[nH]c5ccc(C)cc65)C(=O)OC[C@@H](c5c6c(c(C)c(C)c54)OCO6)N3[C@@H](C#N)[C@H](C2)N1C. The van der Waals surface area contributed by atoms with Crippen LogP contribution in [0.5, 0.6) is 23.0 Å². The summed E-state index contributed by atoms with van der Waals surface area (Å²) in [4.78, 5) is 23.2. The smallest absolute Gasteiger partial charge is 0.333 e. The lowest BCUT2D eigenvalue weighted by atomic mass is 9.71. The van der Waals surface area contributed by atoms with Crippen LogP contribution in [0.15, 0.2) is 24.3 Å². The lowest BCUT2D eigenvalue weighted by Crippen LogP contribution is -2.69. The monoisotopic (exact) mass is 763 g/mol. The van der Waals surface area contributed by atoms with Crippen molar-refractivity contribution in [2.24, 2.45) is 0 Å². The Labute approximate surface area is 323 Å². The van der Waals surface area contributed by atoms with Crippen LogP contribution in [-0.4, -0.2) is 95.1 Å². The van der Waals surface area contributed by atoms with E-state index in [0.717, 1.165) is 66.7 Å². The Morgan fingerprint density at radius 3 is 2.64 bits per heavy atom. The van der Waals surface area contributed by atoms with Crippen LogP contribution in [0, 0.1) is 39.0 Å². The Morgan fingerprint density at radius 1 is 1.07 bits per heavy atom. The molecule has 3 aromatic carbocycles. The van der Waals surface area contributed by atoms with Gasteiger partial charge in [-0.1, -0.05) is 17.7 Å². The molecule has 4 bridgehead atoms. The summed E-state index contributed by atoms with van der Waals surface area (Å²) in [5.41, 5.74) is 9.20. The van der Waals surface area contributed by atoms with Crippen LogP contribution in [-0.2, 0) is 27.9 Å². The molecule has 12 nitrogen and oxygen atoms in total. The Morgan fingerprint density at radius 2 is 1.87 bits per heavy atom. The van der Waals surface area contributed by atoms with Crippen LogP contribution >= 0.6 is 11.8 Å². The highest BCUT2D eigenvalue weighted by molar-refractivity contribution is 7.99. The number of carbonyl (C=O) groups is 1. The molecule has 0 saturated carbocycles. The van der Waals surface area contributed by atoms with E-state index in [1.807, 2.05) is 13.0 Å². The van der Waals surface area contributed by atoms with E-state index < -0.39 is 23.6 Å². The Balaban J connectivity index is 1.23. The number of aryl methyl sites for hydroxylation is 2. The number of H-pyrrole nitrogens is 1. The van der Waals surface area contributed by atoms with Gasteiger partial charge in [-0.25, -0.2) is 4.79 Å². The second kappa shape index (κ2) is 12.3. The molecule has 8 heterocycles. The van der Waals surface area contributed by atoms with Crippen molar-refractivity contribution in [3.05, 3.63) is 80.0 Å². The van der Waals surface area contributed by atoms with Gasteiger partial charge in [-0.15, -0.1) is 11.8 Å². The van der Waals surface area contributed by atoms with Gasteiger partial charge >= 0.3 is 5.97 Å². The number of piperazine rings is 1. The van der Waals surface area contributed by atoms with Gasteiger partial charge in [-0.3, -0.25) is 15.1 Å². The first kappa shape index (κ1) is 35.0. The van der Waals surface area contributed by atoms with Gasteiger partial charge in [0.2, 0.25) is 6.79 Å². The van der Waals surface area contributed by atoms with Crippen LogP contribution in [0.2, 0.25) is 0 Å². The minimum atomic E-state index is -1.31. The number of nitriles is 1. The molecule has 2 saturated heterocycles. The standard InChI is InChI=1S/C42H45N5O7S/c1-18-7-8-26-24(9-18)25-12-23(14-48)45-42(40(25)44-26)16-55-39-30-20(3)21(4)37-38(54-17-53-37)32(30)29(15-52-41(42)50)47-28(13-43)27-11-22-10-19(2)36(51-6)35(49)31(22)33(34(39)47)46(27)5/h7-10,23,27-29,33-34,39,44-45,48-49H,11-12,14-17H2,1-6H3/t23-,27-,28-,29-,33+,34+,39+,42+/m0/s1. The van der Waals surface area contributed by atoms with Crippen molar-refractivity contribution in [3.8, 4) is 29.1 Å². The van der Waals surface area contributed by atoms with E-state index in [9.17, 15) is 20.3 Å². The van der Waals surface area contributed by atoms with E-state index in [1.54, 1.807) is 18.9 Å². The van der Waals surface area contributed by atoms with Crippen molar-refractivity contribution in [2.75, 3.05) is 39.9 Å². The number of benzene rings is 3. The predicted molar refractivity (Wildman–Crippen MR) is 206 cm³/mol. The van der Waals surface area contributed by atoms with Crippen LogP contribution in [0.3, 0.4) is 0 Å². The molecule has 8 atom stereocenters. The fourth-order valence-corrected chi connectivity index (χ4v) is 12.7. The zero-order chi connectivity index (χ0) is 38.2. The molecule has 0 unspecified atom stereocenters. The maximum atomic E-state index is 15.0. The van der Waals surface area contributed by atoms with Crippen LogP contribution in [0.25, 0.3) is 10.9 Å². The van der Waals surface area contributed by atoms with Gasteiger partial charge in [0.15, 0.2) is 28.5 Å². The number of hydrogen-bond donors (Lipinski definition) is 4. The van der Waals surface area contributed by atoms with Crippen molar-refractivity contribution in [1.82, 2.24) is 20.1 Å². The van der Waals surface area contributed by atoms with Gasteiger partial charge in [0, 0.05) is 51.2 Å². The number of rotatable bonds is 2. The van der Waals surface area contributed by atoms with Gasteiger partial charge in [-0.2, -0.15) is 5.26 Å². The van der Waals surface area contributed by atoms with Crippen molar-refractivity contribution in [2.45, 2.75) is 87.6 Å². The van der Waals surface area contributed by atoms with E-state index in [-0.39, 0.29) is 60.9 Å². The highest BCUT2D eigenvalue weighted by Crippen LogP contribution is 2.63. The van der Waals surface area contributed by atoms with Crippen molar-refractivity contribution < 1.29 is 34.0 Å². The summed E-state index contributed by atoms with van der Waals surface area (Å²) >= 11 is 1.65. The number of nitrogens with one attached hydrogen (secondary N) is 2. The number of hydrogen-bond acceptors (Lipinski definition) is 12. The number of likely N-dealkylation sites (N-methyl/N-ethyl adjacent to an activating group) is 1. The highest BCUT2D eigenvalue weighted by Gasteiger charge is 2.61. The molecule has 0 amide bonds. The van der Waals surface area contributed by atoms with Gasteiger partial charge in [0.05, 0.1) is 37.6 Å². The van der Waals surface area contributed by atoms with E-state index >= 15 is 0 Å². The number of phenolic OH excluding ortho intramolecular Hbond substituents is 1. The fourth-order valence-electron chi connectivity index (χ4n) is 11.0. The molecule has 55 heavy (non-hydrogen) atoms. The number of esters is 1. The quantitative estimate of drug-likeness (QED) is 0.208. The number of nitrogens with zero attached hydrogens (tertiary/aromatic N) is 3. The number of ether oxygens (including phenoxy) is 4. The number of fused-ring (bicyclic) bond motifs is 11. The summed E-state index contributed by atoms with van der Waals surface area (Å²) in [7, 11) is 3.65. The van der Waals surface area contributed by atoms with Crippen LogP contribution < -0.4 is 19.5 Å². The van der Waals surface area contributed by atoms with E-state index in [0.29, 0.717) is 30.1 Å². The predicted octanol–water partition coefficient (Wildman–Crippen LogP) is 4.81. The van der Waals surface area contributed by atoms with Gasteiger partial charge < -0.3 is 34.1 Å². The first-order valence-corrected chi connectivity index (χ1v) is 20.1. The normalized spacial score (nSPS) is 30.7. The summed E-state index contributed by atoms with van der Waals surface area (Å²) in [5, 5.41) is 38.3. The number of aromatic hydroxyl groups is 1. The van der Waals surface area contributed by atoms with E-state index in [1.165, 1.54) is 0 Å². The third-order valence-electron chi connectivity index (χ3n) is 13.5. The molecular formula is C42H45N5O7S. The van der Waals surface area contributed by atoms with Gasteiger partial charge in [-0.05, 0) is 93.1 Å². The minimum absolute atomic E-state index is 0.0443. The number of aliphatic hydroxyl groups is 1. The molecule has 2 fully saturated rings. The number of carbonyl (C=O) groups excluding carboxylic acids is 1. The summed E-state index contributed by atoms with van der Waals surface area (Å²) in [6, 6.07) is 8.65. The largest absolute Gasteiger partial charge is 0.504 e. The maximum absolute atomic E-state index is 15.0. The van der Waals surface area contributed by atoms with Crippen molar-refractivity contribution >= 4 is 28.6 Å². The van der Waals surface area contributed by atoms with Crippen LogP contribution in [0.4, 0.5) is 0 Å². The third-order valence-corrected chi connectivity index (χ3v) is 15.0. The number of methoxy groups -OCH3 is 1. The van der Waals surface area contributed by atoms with Gasteiger partial charge in [0.25, 0.3) is 0 Å². The average Bonchev–Trinajstić information content (AvgIpc) is 3.81. The highest BCUT2D eigenvalue weighted by atomic mass is 32.2. The molecule has 4 N–H and O–H groups in total. The maximum Gasteiger partial charge on any atom is 0.333 e. The number of phenols is 1. The lowest BCUT2D eigenvalue weighted by molar-refractivity contribution is -0.158. The molecule has 13 heteroatoms. The first-order valence-electron chi connectivity index (χ1n) is 19.0. The number of thioether (sulfide) groups is 1. The van der Waals surface area contributed by atoms with Gasteiger partial charge in [0.1, 0.15) is 12.6 Å². The van der Waals surface area contributed by atoms with Crippen LogP contribution in [0.1, 0.15) is 73.1 Å². The number of aliphatic hydroxyl groups excluding tert-OH is 1. The molecule has 286 valence electrons. The molecular weight excluding hydrogens is 719 g/mol. The Bertz CT molecular complexity index is 2370. The summed E-state index contributed by atoms with van der Waals surface area (Å²) in [6.45, 7) is 8.06. The average molecular weight is 764 g/mol. The summed E-state index contributed by atoms with van der Waals surface area (Å²) < 4.78 is 24.8. The minimum Gasteiger partial charge on any atom is -0.504 e. The second-order valence-electron chi connectivity index (χ2n) is 16.2. The fraction of sp³-hybridized carbons (Fsp3) is 0.476.